The van der Waals surface area contributed by atoms with Gasteiger partial charge in [-0.05, 0) is 30.9 Å². The predicted molar refractivity (Wildman–Crippen MR) is 76.1 cm³/mol. The van der Waals surface area contributed by atoms with E-state index in [9.17, 15) is 9.90 Å². The molecular formula is C15H19N3O2. The molecule has 1 aromatic carbocycles. The molecule has 1 aromatic heterocycles. The predicted octanol–water partition coefficient (Wildman–Crippen LogP) is 1.31. The fraction of sp³-hybridized carbons (Fsp3) is 0.467. The lowest BCUT2D eigenvalue weighted by Crippen LogP contribution is -2.33. The number of hydrogen-bond acceptors (Lipinski definition) is 3. The molecule has 0 spiro atoms. The molecule has 0 aliphatic heterocycles. The maximum Gasteiger partial charge on any atom is 0.221 e. The highest BCUT2D eigenvalue weighted by Crippen LogP contribution is 2.32. The van der Waals surface area contributed by atoms with Crippen LogP contribution in [0.15, 0.2) is 30.6 Å². The van der Waals surface area contributed by atoms with Crippen molar-refractivity contribution in [1.82, 2.24) is 14.9 Å². The fourth-order valence-corrected chi connectivity index (χ4v) is 2.36. The van der Waals surface area contributed by atoms with Gasteiger partial charge in [-0.25, -0.2) is 4.98 Å². The van der Waals surface area contributed by atoms with Crippen molar-refractivity contribution >= 4 is 16.9 Å². The van der Waals surface area contributed by atoms with Crippen molar-refractivity contribution in [1.29, 1.82) is 0 Å². The number of aliphatic hydroxyl groups is 1. The van der Waals surface area contributed by atoms with E-state index in [1.807, 2.05) is 28.8 Å². The Morgan fingerprint density at radius 1 is 1.45 bits per heavy atom. The van der Waals surface area contributed by atoms with E-state index in [4.69, 9.17) is 0 Å². The number of nitrogens with one attached hydrogen (secondary N) is 1. The SMILES string of the molecule is O=C(CCn1cnc2ccccc21)NCC(O)C1CC1. The molecule has 0 bridgehead atoms. The molecule has 1 aliphatic rings. The molecular weight excluding hydrogens is 254 g/mol. The third-order valence-corrected chi connectivity index (χ3v) is 3.78. The first kappa shape index (κ1) is 13.1. The molecule has 0 radical (unpaired) electrons. The molecule has 2 N–H and O–H groups in total. The average Bonchev–Trinajstić information content (AvgIpc) is 3.24. The summed E-state index contributed by atoms with van der Waals surface area (Å²) in [5.41, 5.74) is 1.98. The van der Waals surface area contributed by atoms with Gasteiger partial charge in [-0.3, -0.25) is 4.79 Å². The lowest BCUT2D eigenvalue weighted by atomic mass is 10.2. The Bertz CT molecular complexity index is 604. The van der Waals surface area contributed by atoms with Crippen LogP contribution in [-0.4, -0.2) is 33.2 Å². The summed E-state index contributed by atoms with van der Waals surface area (Å²) in [5, 5.41) is 12.5. The third kappa shape index (κ3) is 2.99. The smallest absolute Gasteiger partial charge is 0.221 e. The van der Waals surface area contributed by atoms with Crippen LogP contribution in [0.5, 0.6) is 0 Å². The highest BCUT2D eigenvalue weighted by atomic mass is 16.3. The zero-order chi connectivity index (χ0) is 13.9. The number of carbonyl (C=O) groups is 1. The molecule has 5 heteroatoms. The minimum Gasteiger partial charge on any atom is -0.391 e. The van der Waals surface area contributed by atoms with Crippen LogP contribution in [0.3, 0.4) is 0 Å². The molecule has 1 amide bonds. The summed E-state index contributed by atoms with van der Waals surface area (Å²) in [6, 6.07) is 7.87. The van der Waals surface area contributed by atoms with Crippen LogP contribution in [0.4, 0.5) is 0 Å². The molecule has 0 saturated heterocycles. The summed E-state index contributed by atoms with van der Waals surface area (Å²) >= 11 is 0. The number of rotatable bonds is 6. The van der Waals surface area contributed by atoms with Gasteiger partial charge >= 0.3 is 0 Å². The molecule has 1 heterocycles. The summed E-state index contributed by atoms with van der Waals surface area (Å²) in [5.74, 6) is 0.371. The number of fused-ring (bicyclic) bond motifs is 1. The molecule has 3 rings (SSSR count). The van der Waals surface area contributed by atoms with Gasteiger partial charge in [0, 0.05) is 19.5 Å². The molecule has 1 fully saturated rings. The fourth-order valence-electron chi connectivity index (χ4n) is 2.36. The molecule has 20 heavy (non-hydrogen) atoms. The van der Waals surface area contributed by atoms with E-state index in [-0.39, 0.29) is 12.0 Å². The first-order valence-electron chi connectivity index (χ1n) is 7.08. The highest BCUT2D eigenvalue weighted by Gasteiger charge is 2.29. The van der Waals surface area contributed by atoms with Crippen LogP contribution in [0.25, 0.3) is 11.0 Å². The van der Waals surface area contributed by atoms with Crippen molar-refractivity contribution < 1.29 is 9.90 Å². The number of aliphatic hydroxyl groups excluding tert-OH is 1. The molecule has 1 atom stereocenters. The number of benzene rings is 1. The van der Waals surface area contributed by atoms with Gasteiger partial charge in [0.25, 0.3) is 0 Å². The lowest BCUT2D eigenvalue weighted by Gasteiger charge is -2.11. The standard InChI is InChI=1S/C15H19N3O2/c19-14(11-5-6-11)9-16-15(20)7-8-18-10-17-12-3-1-2-4-13(12)18/h1-4,10-11,14,19H,5-9H2,(H,16,20). The topological polar surface area (TPSA) is 67.2 Å². The van der Waals surface area contributed by atoms with E-state index in [1.54, 1.807) is 6.33 Å². The maximum absolute atomic E-state index is 11.8. The van der Waals surface area contributed by atoms with Crippen LogP contribution < -0.4 is 5.32 Å². The molecule has 2 aromatic rings. The maximum atomic E-state index is 11.8. The van der Waals surface area contributed by atoms with Gasteiger partial charge in [0.05, 0.1) is 23.5 Å². The van der Waals surface area contributed by atoms with E-state index >= 15 is 0 Å². The second-order valence-corrected chi connectivity index (χ2v) is 5.39. The molecule has 1 unspecified atom stereocenters. The minimum absolute atomic E-state index is 0.0255. The number of aryl methyl sites for hydroxylation is 1. The first-order valence-corrected chi connectivity index (χ1v) is 7.08. The minimum atomic E-state index is -0.381. The Balaban J connectivity index is 1.49. The van der Waals surface area contributed by atoms with Gasteiger partial charge in [0.1, 0.15) is 0 Å². The van der Waals surface area contributed by atoms with Crippen molar-refractivity contribution in [3.05, 3.63) is 30.6 Å². The van der Waals surface area contributed by atoms with Gasteiger partial charge in [0.15, 0.2) is 0 Å². The Kier molecular flexibility index (Phi) is 3.69. The van der Waals surface area contributed by atoms with Crippen molar-refractivity contribution in [2.45, 2.75) is 31.9 Å². The van der Waals surface area contributed by atoms with Crippen LogP contribution in [0.2, 0.25) is 0 Å². The number of nitrogens with zero attached hydrogens (tertiary/aromatic N) is 2. The molecule has 1 aliphatic carbocycles. The Morgan fingerprint density at radius 2 is 2.25 bits per heavy atom. The van der Waals surface area contributed by atoms with Gasteiger partial charge in [-0.2, -0.15) is 0 Å². The van der Waals surface area contributed by atoms with Crippen molar-refractivity contribution in [3.8, 4) is 0 Å². The Morgan fingerprint density at radius 3 is 3.05 bits per heavy atom. The van der Waals surface area contributed by atoms with Gasteiger partial charge in [-0.1, -0.05) is 12.1 Å². The lowest BCUT2D eigenvalue weighted by molar-refractivity contribution is -0.121. The van der Waals surface area contributed by atoms with Crippen LogP contribution in [-0.2, 0) is 11.3 Å². The van der Waals surface area contributed by atoms with E-state index in [0.717, 1.165) is 23.9 Å². The number of carbonyl (C=O) groups excluding carboxylic acids is 1. The second-order valence-electron chi connectivity index (χ2n) is 5.39. The zero-order valence-electron chi connectivity index (χ0n) is 11.3. The number of para-hydroxylation sites is 2. The quantitative estimate of drug-likeness (QED) is 0.834. The summed E-state index contributed by atoms with van der Waals surface area (Å²) < 4.78 is 1.98. The Hall–Kier alpha value is -1.88. The summed E-state index contributed by atoms with van der Waals surface area (Å²) in [6.07, 6.45) is 3.94. The van der Waals surface area contributed by atoms with E-state index < -0.39 is 0 Å². The van der Waals surface area contributed by atoms with Gasteiger partial charge in [0.2, 0.25) is 5.91 Å². The third-order valence-electron chi connectivity index (χ3n) is 3.78. The number of imidazole rings is 1. The van der Waals surface area contributed by atoms with E-state index in [2.05, 4.69) is 10.3 Å². The summed E-state index contributed by atoms with van der Waals surface area (Å²) in [4.78, 5) is 16.1. The summed E-state index contributed by atoms with van der Waals surface area (Å²) in [7, 11) is 0. The van der Waals surface area contributed by atoms with Crippen molar-refractivity contribution in [2.24, 2.45) is 5.92 Å². The van der Waals surface area contributed by atoms with E-state index in [1.165, 1.54) is 0 Å². The summed E-state index contributed by atoms with van der Waals surface area (Å²) in [6.45, 7) is 0.972. The normalized spacial score (nSPS) is 16.2. The van der Waals surface area contributed by atoms with Gasteiger partial charge < -0.3 is 15.0 Å². The number of aromatic nitrogens is 2. The number of amides is 1. The average molecular weight is 273 g/mol. The largest absolute Gasteiger partial charge is 0.391 e. The Labute approximate surface area is 117 Å². The first-order chi connectivity index (χ1) is 9.74. The number of hydrogen-bond donors (Lipinski definition) is 2. The van der Waals surface area contributed by atoms with Crippen molar-refractivity contribution in [2.75, 3.05) is 6.54 Å². The molecule has 1 saturated carbocycles. The van der Waals surface area contributed by atoms with Crippen LogP contribution in [0.1, 0.15) is 19.3 Å². The monoisotopic (exact) mass is 273 g/mol. The van der Waals surface area contributed by atoms with Crippen LogP contribution in [0, 0.1) is 5.92 Å². The second kappa shape index (κ2) is 5.63. The zero-order valence-corrected chi connectivity index (χ0v) is 11.3. The highest BCUT2D eigenvalue weighted by molar-refractivity contribution is 5.77. The molecule has 5 nitrogen and oxygen atoms in total. The van der Waals surface area contributed by atoms with Gasteiger partial charge in [-0.15, -0.1) is 0 Å². The van der Waals surface area contributed by atoms with Crippen molar-refractivity contribution in [3.63, 3.8) is 0 Å². The van der Waals surface area contributed by atoms with E-state index in [0.29, 0.717) is 25.4 Å². The van der Waals surface area contributed by atoms with Crippen LogP contribution >= 0.6 is 0 Å². The molecule has 106 valence electrons.